The quantitative estimate of drug-likeness (QED) is 0.402. The maximum Gasteiger partial charge on any atom is 0.410 e. The lowest BCUT2D eigenvalue weighted by Gasteiger charge is -2.27. The Morgan fingerprint density at radius 3 is 2.43 bits per heavy atom. The molecule has 0 spiro atoms. The fourth-order valence-corrected chi connectivity index (χ4v) is 2.03. The van der Waals surface area contributed by atoms with E-state index in [0.29, 0.717) is 44.8 Å². The van der Waals surface area contributed by atoms with Gasteiger partial charge >= 0.3 is 6.09 Å². The molecule has 1 rings (SSSR count). The molecule has 0 saturated heterocycles. The van der Waals surface area contributed by atoms with Gasteiger partial charge in [-0.15, -0.1) is 0 Å². The van der Waals surface area contributed by atoms with Crippen LogP contribution in [0.4, 0.5) is 4.79 Å². The van der Waals surface area contributed by atoms with Crippen molar-refractivity contribution in [1.82, 2.24) is 15.5 Å². The maximum atomic E-state index is 12.2. The van der Waals surface area contributed by atoms with Crippen molar-refractivity contribution in [2.45, 2.75) is 52.2 Å². The summed E-state index contributed by atoms with van der Waals surface area (Å²) in [4.78, 5) is 18.2. The first-order valence-electron chi connectivity index (χ1n) is 8.39. The molecule has 0 unspecified atom stereocenters. The number of nitrogens with zero attached hydrogens (tertiary/aromatic N) is 2. The van der Waals surface area contributed by atoms with Crippen molar-refractivity contribution >= 4 is 12.1 Å². The topological polar surface area (TPSA) is 75.2 Å². The SMILES string of the molecule is CCOCCNC(=NC)NCCN(C(=O)OC(C)(C)C)C1CC1. The zero-order chi connectivity index (χ0) is 17.3. The second-order valence-electron chi connectivity index (χ2n) is 6.53. The van der Waals surface area contributed by atoms with Crippen LogP contribution in [0.5, 0.6) is 0 Å². The molecule has 7 nitrogen and oxygen atoms in total. The summed E-state index contributed by atoms with van der Waals surface area (Å²) in [5.74, 6) is 0.713. The molecular weight excluding hydrogens is 296 g/mol. The third-order valence-electron chi connectivity index (χ3n) is 3.23. The molecule has 0 aliphatic heterocycles. The van der Waals surface area contributed by atoms with Gasteiger partial charge in [0.05, 0.1) is 6.61 Å². The maximum absolute atomic E-state index is 12.2. The zero-order valence-corrected chi connectivity index (χ0v) is 15.1. The molecule has 1 fully saturated rings. The summed E-state index contributed by atoms with van der Waals surface area (Å²) in [5.41, 5.74) is -0.464. The van der Waals surface area contributed by atoms with Gasteiger partial charge in [0.15, 0.2) is 5.96 Å². The first-order chi connectivity index (χ1) is 10.9. The highest BCUT2D eigenvalue weighted by atomic mass is 16.6. The van der Waals surface area contributed by atoms with E-state index in [-0.39, 0.29) is 6.09 Å². The summed E-state index contributed by atoms with van der Waals surface area (Å²) in [5, 5.41) is 6.38. The molecule has 1 saturated carbocycles. The lowest BCUT2D eigenvalue weighted by atomic mass is 10.2. The number of hydrogen-bond donors (Lipinski definition) is 2. The third kappa shape index (κ3) is 8.64. The van der Waals surface area contributed by atoms with Crippen LogP contribution in [0.3, 0.4) is 0 Å². The van der Waals surface area contributed by atoms with Crippen molar-refractivity contribution < 1.29 is 14.3 Å². The Morgan fingerprint density at radius 1 is 1.26 bits per heavy atom. The van der Waals surface area contributed by atoms with Crippen molar-refractivity contribution in [3.8, 4) is 0 Å². The first kappa shape index (κ1) is 19.5. The van der Waals surface area contributed by atoms with Crippen LogP contribution in [0.1, 0.15) is 40.5 Å². The molecule has 1 aliphatic rings. The monoisotopic (exact) mass is 328 g/mol. The molecule has 2 N–H and O–H groups in total. The molecule has 0 radical (unpaired) electrons. The van der Waals surface area contributed by atoms with Gasteiger partial charge < -0.3 is 25.0 Å². The molecule has 134 valence electrons. The minimum Gasteiger partial charge on any atom is -0.444 e. The van der Waals surface area contributed by atoms with Crippen molar-refractivity contribution in [2.24, 2.45) is 4.99 Å². The Kier molecular flexibility index (Phi) is 8.16. The minimum atomic E-state index is -0.464. The molecule has 0 heterocycles. The van der Waals surface area contributed by atoms with Gasteiger partial charge in [-0.2, -0.15) is 0 Å². The van der Waals surface area contributed by atoms with E-state index < -0.39 is 5.60 Å². The number of carbonyl (C=O) groups excluding carboxylic acids is 1. The molecule has 1 aliphatic carbocycles. The third-order valence-corrected chi connectivity index (χ3v) is 3.23. The van der Waals surface area contributed by atoms with E-state index in [1.54, 1.807) is 7.05 Å². The van der Waals surface area contributed by atoms with Gasteiger partial charge in [-0.05, 0) is 40.5 Å². The number of ether oxygens (including phenoxy) is 2. The van der Waals surface area contributed by atoms with Crippen molar-refractivity contribution in [3.05, 3.63) is 0 Å². The summed E-state index contributed by atoms with van der Waals surface area (Å²) in [7, 11) is 1.72. The standard InChI is InChI=1S/C16H32N4O3/c1-6-22-12-10-19-14(17-5)18-9-11-20(13-7-8-13)15(21)23-16(2,3)4/h13H,6-12H2,1-5H3,(H2,17,18,19). The van der Waals surface area contributed by atoms with Gasteiger partial charge in [-0.25, -0.2) is 4.79 Å². The lowest BCUT2D eigenvalue weighted by molar-refractivity contribution is 0.0238. The van der Waals surface area contributed by atoms with E-state index >= 15 is 0 Å². The predicted molar refractivity (Wildman–Crippen MR) is 91.8 cm³/mol. The fourth-order valence-electron chi connectivity index (χ4n) is 2.03. The van der Waals surface area contributed by atoms with Gasteiger partial charge in [0.2, 0.25) is 0 Å². The van der Waals surface area contributed by atoms with Gasteiger partial charge in [0.25, 0.3) is 0 Å². The van der Waals surface area contributed by atoms with Crippen LogP contribution in [0.25, 0.3) is 0 Å². The number of amides is 1. The molecule has 1 amide bonds. The summed E-state index contributed by atoms with van der Waals surface area (Å²) in [6.07, 6.45) is 1.88. The van der Waals surface area contributed by atoms with E-state index in [1.165, 1.54) is 0 Å². The molecule has 0 aromatic heterocycles. The average molecular weight is 328 g/mol. The molecule has 0 aromatic carbocycles. The average Bonchev–Trinajstić information content (AvgIpc) is 3.28. The van der Waals surface area contributed by atoms with E-state index in [2.05, 4.69) is 15.6 Å². The first-order valence-corrected chi connectivity index (χ1v) is 8.39. The fraction of sp³-hybridized carbons (Fsp3) is 0.875. The Balaban J connectivity index is 2.33. The second-order valence-corrected chi connectivity index (χ2v) is 6.53. The van der Waals surface area contributed by atoms with Crippen LogP contribution in [0.2, 0.25) is 0 Å². The molecule has 23 heavy (non-hydrogen) atoms. The van der Waals surface area contributed by atoms with E-state index in [4.69, 9.17) is 9.47 Å². The van der Waals surface area contributed by atoms with Gasteiger partial charge in [0, 0.05) is 39.3 Å². The van der Waals surface area contributed by atoms with Gasteiger partial charge in [0.1, 0.15) is 5.60 Å². The number of hydrogen-bond acceptors (Lipinski definition) is 4. The van der Waals surface area contributed by atoms with E-state index in [9.17, 15) is 4.79 Å². The number of aliphatic imine (C=N–C) groups is 1. The normalized spacial score (nSPS) is 15.3. The van der Waals surface area contributed by atoms with E-state index in [1.807, 2.05) is 32.6 Å². The number of nitrogens with one attached hydrogen (secondary N) is 2. The molecule has 0 bridgehead atoms. The van der Waals surface area contributed by atoms with Gasteiger partial charge in [-0.1, -0.05) is 0 Å². The van der Waals surface area contributed by atoms with Crippen LogP contribution in [0.15, 0.2) is 4.99 Å². The largest absolute Gasteiger partial charge is 0.444 e. The summed E-state index contributed by atoms with van der Waals surface area (Å²) >= 11 is 0. The Bertz CT molecular complexity index is 389. The number of carbonyl (C=O) groups is 1. The molecular formula is C16H32N4O3. The Morgan fingerprint density at radius 2 is 1.91 bits per heavy atom. The highest BCUT2D eigenvalue weighted by Gasteiger charge is 2.34. The van der Waals surface area contributed by atoms with Crippen LogP contribution < -0.4 is 10.6 Å². The lowest BCUT2D eigenvalue weighted by Crippen LogP contribution is -2.45. The van der Waals surface area contributed by atoms with Crippen LogP contribution >= 0.6 is 0 Å². The predicted octanol–water partition coefficient (Wildman–Crippen LogP) is 1.59. The Labute approximate surface area is 139 Å². The summed E-state index contributed by atoms with van der Waals surface area (Å²) in [6.45, 7) is 10.9. The smallest absolute Gasteiger partial charge is 0.410 e. The number of rotatable bonds is 8. The highest BCUT2D eigenvalue weighted by molar-refractivity contribution is 5.79. The molecule has 0 atom stereocenters. The summed E-state index contributed by atoms with van der Waals surface area (Å²) < 4.78 is 10.7. The second kappa shape index (κ2) is 9.60. The van der Waals surface area contributed by atoms with Crippen LogP contribution in [0, 0.1) is 0 Å². The zero-order valence-electron chi connectivity index (χ0n) is 15.1. The van der Waals surface area contributed by atoms with Crippen molar-refractivity contribution in [3.63, 3.8) is 0 Å². The summed E-state index contributed by atoms with van der Waals surface area (Å²) in [6, 6.07) is 0.319. The van der Waals surface area contributed by atoms with Crippen LogP contribution in [-0.2, 0) is 9.47 Å². The molecule has 7 heteroatoms. The van der Waals surface area contributed by atoms with Crippen LogP contribution in [-0.4, -0.2) is 68.5 Å². The van der Waals surface area contributed by atoms with E-state index in [0.717, 1.165) is 12.8 Å². The Hall–Kier alpha value is -1.50. The van der Waals surface area contributed by atoms with Crippen molar-refractivity contribution in [1.29, 1.82) is 0 Å². The highest BCUT2D eigenvalue weighted by Crippen LogP contribution is 2.27. The van der Waals surface area contributed by atoms with Gasteiger partial charge in [-0.3, -0.25) is 4.99 Å². The number of guanidine groups is 1. The van der Waals surface area contributed by atoms with Crippen molar-refractivity contribution in [2.75, 3.05) is 39.9 Å². The molecule has 0 aromatic rings. The minimum absolute atomic E-state index is 0.235.